The molecule has 0 bridgehead atoms. The fourth-order valence-corrected chi connectivity index (χ4v) is 5.06. The van der Waals surface area contributed by atoms with E-state index >= 15 is 0 Å². The molecule has 1 heterocycles. The lowest BCUT2D eigenvalue weighted by atomic mass is 10.0. The summed E-state index contributed by atoms with van der Waals surface area (Å²) in [6.45, 7) is 4.37. The van der Waals surface area contributed by atoms with Crippen molar-refractivity contribution < 1.29 is 13.5 Å². The Morgan fingerprint density at radius 1 is 1.24 bits per heavy atom. The molecule has 134 valence electrons. The topological polar surface area (TPSA) is 79.3 Å². The zero-order valence-electron chi connectivity index (χ0n) is 14.6. The highest BCUT2D eigenvalue weighted by molar-refractivity contribution is 7.89. The fourth-order valence-electron chi connectivity index (χ4n) is 3.59. The van der Waals surface area contributed by atoms with Crippen molar-refractivity contribution in [3.63, 3.8) is 0 Å². The molecule has 1 saturated carbocycles. The minimum absolute atomic E-state index is 0.237. The summed E-state index contributed by atoms with van der Waals surface area (Å²) in [5, 5.41) is 11.8. The van der Waals surface area contributed by atoms with Gasteiger partial charge in [-0.15, -0.1) is 0 Å². The van der Waals surface area contributed by atoms with Gasteiger partial charge >= 0.3 is 0 Å². The molecule has 1 atom stereocenters. The number of nitrogens with one attached hydrogen (secondary N) is 1. The van der Waals surface area contributed by atoms with E-state index in [1.54, 1.807) is 12.3 Å². The second-order valence-corrected chi connectivity index (χ2v) is 9.41. The maximum absolute atomic E-state index is 12.9. The number of hydrogen-bond donors (Lipinski definition) is 2. The lowest BCUT2D eigenvalue weighted by Gasteiger charge is -2.16. The second-order valence-electron chi connectivity index (χ2n) is 7.68. The molecule has 1 aromatic heterocycles. The van der Waals surface area contributed by atoms with Crippen molar-refractivity contribution in [2.24, 2.45) is 5.92 Å². The Bertz CT molecular complexity index is 933. The van der Waals surface area contributed by atoms with E-state index in [4.69, 9.17) is 0 Å². The van der Waals surface area contributed by atoms with Crippen LogP contribution in [0.5, 0.6) is 0 Å². The largest absolute Gasteiger partial charge is 0.388 e. The molecule has 5 nitrogen and oxygen atoms in total. The molecule has 2 aromatic rings. The van der Waals surface area contributed by atoms with E-state index < -0.39 is 16.1 Å². The first-order valence-electron chi connectivity index (χ1n) is 9.00. The van der Waals surface area contributed by atoms with Gasteiger partial charge in [-0.05, 0) is 54.9 Å². The normalized spacial score (nSPS) is 20.4. The number of fused-ring (bicyclic) bond motifs is 3. The Hall–Kier alpha value is -1.50. The number of aromatic nitrogens is 1. The molecule has 1 unspecified atom stereocenters. The molecular formula is C19H24N2O3S. The molecule has 25 heavy (non-hydrogen) atoms. The third kappa shape index (κ3) is 3.07. The third-order valence-corrected chi connectivity index (χ3v) is 6.58. The predicted octanol–water partition coefficient (Wildman–Crippen LogP) is 3.03. The SMILES string of the molecule is CC(C)CNS(=O)(=O)c1cc2c(c3cnc(C4CC4)cc13)C(O)CC2. The molecule has 2 aliphatic carbocycles. The van der Waals surface area contributed by atoms with Crippen LogP contribution in [0.25, 0.3) is 10.8 Å². The van der Waals surface area contributed by atoms with Crippen molar-refractivity contribution in [2.45, 2.75) is 56.4 Å². The highest BCUT2D eigenvalue weighted by Crippen LogP contribution is 2.43. The lowest BCUT2D eigenvalue weighted by molar-refractivity contribution is 0.181. The molecule has 0 aliphatic heterocycles. The van der Waals surface area contributed by atoms with Crippen LogP contribution in [0.15, 0.2) is 23.2 Å². The first-order valence-corrected chi connectivity index (χ1v) is 10.5. The summed E-state index contributed by atoms with van der Waals surface area (Å²) in [5.41, 5.74) is 2.73. The number of sulfonamides is 1. The number of benzene rings is 1. The van der Waals surface area contributed by atoms with Gasteiger partial charge in [0.15, 0.2) is 0 Å². The van der Waals surface area contributed by atoms with E-state index in [1.165, 1.54) is 0 Å². The first-order chi connectivity index (χ1) is 11.9. The number of rotatable bonds is 5. The molecule has 0 spiro atoms. The van der Waals surface area contributed by atoms with Crippen LogP contribution in [0.2, 0.25) is 0 Å². The van der Waals surface area contributed by atoms with Gasteiger partial charge < -0.3 is 5.11 Å². The Balaban J connectivity index is 1.92. The predicted molar refractivity (Wildman–Crippen MR) is 97.0 cm³/mol. The van der Waals surface area contributed by atoms with Crippen LogP contribution in [0, 0.1) is 5.92 Å². The van der Waals surface area contributed by atoms with E-state index in [2.05, 4.69) is 9.71 Å². The molecule has 2 aliphatic rings. The van der Waals surface area contributed by atoms with Gasteiger partial charge in [0.2, 0.25) is 10.0 Å². The average molecular weight is 360 g/mol. The summed E-state index contributed by atoms with van der Waals surface area (Å²) in [6, 6.07) is 3.68. The molecule has 2 N–H and O–H groups in total. The van der Waals surface area contributed by atoms with E-state index in [-0.39, 0.29) is 5.92 Å². The minimum atomic E-state index is -3.60. The van der Waals surface area contributed by atoms with Crippen LogP contribution in [0.4, 0.5) is 0 Å². The number of aliphatic hydroxyl groups excluding tert-OH is 1. The molecule has 6 heteroatoms. The molecule has 0 amide bonds. The highest BCUT2D eigenvalue weighted by atomic mass is 32.2. The Labute approximate surface area is 148 Å². The summed E-state index contributed by atoms with van der Waals surface area (Å²) in [4.78, 5) is 4.87. The third-order valence-electron chi connectivity index (χ3n) is 5.12. The highest BCUT2D eigenvalue weighted by Gasteiger charge is 2.30. The van der Waals surface area contributed by atoms with Gasteiger partial charge in [0.1, 0.15) is 0 Å². The summed E-state index contributed by atoms with van der Waals surface area (Å²) < 4.78 is 28.6. The lowest BCUT2D eigenvalue weighted by Crippen LogP contribution is -2.28. The molecule has 0 radical (unpaired) electrons. The van der Waals surface area contributed by atoms with E-state index in [0.29, 0.717) is 35.6 Å². The Morgan fingerprint density at radius 3 is 2.68 bits per heavy atom. The van der Waals surface area contributed by atoms with E-state index in [1.807, 2.05) is 19.9 Å². The quantitative estimate of drug-likeness (QED) is 0.859. The second kappa shape index (κ2) is 6.04. The van der Waals surface area contributed by atoms with Crippen molar-refractivity contribution >= 4 is 20.8 Å². The van der Waals surface area contributed by atoms with Crippen molar-refractivity contribution in [1.82, 2.24) is 9.71 Å². The summed E-state index contributed by atoms with van der Waals surface area (Å²) in [5.74, 6) is 0.683. The van der Waals surface area contributed by atoms with Gasteiger partial charge in [0, 0.05) is 35.1 Å². The fraction of sp³-hybridized carbons (Fsp3) is 0.526. The summed E-state index contributed by atoms with van der Waals surface area (Å²) in [7, 11) is -3.60. The van der Waals surface area contributed by atoms with Gasteiger partial charge in [-0.25, -0.2) is 13.1 Å². The Kier molecular flexibility index (Phi) is 4.09. The number of aliphatic hydroxyl groups is 1. The van der Waals surface area contributed by atoms with Crippen LogP contribution in [0.1, 0.15) is 62.0 Å². The van der Waals surface area contributed by atoms with Crippen molar-refractivity contribution in [1.29, 1.82) is 0 Å². The molecule has 4 rings (SSSR count). The summed E-state index contributed by atoms with van der Waals surface area (Å²) in [6.07, 6.45) is 4.78. The maximum atomic E-state index is 12.9. The van der Waals surface area contributed by atoms with Gasteiger partial charge in [-0.3, -0.25) is 4.98 Å². The van der Waals surface area contributed by atoms with Crippen LogP contribution in [0.3, 0.4) is 0 Å². The van der Waals surface area contributed by atoms with Crippen LogP contribution in [-0.4, -0.2) is 25.1 Å². The van der Waals surface area contributed by atoms with E-state index in [9.17, 15) is 13.5 Å². The summed E-state index contributed by atoms with van der Waals surface area (Å²) >= 11 is 0. The van der Waals surface area contributed by atoms with Crippen LogP contribution >= 0.6 is 0 Å². The van der Waals surface area contributed by atoms with Crippen molar-refractivity contribution in [3.8, 4) is 0 Å². The number of aryl methyl sites for hydroxylation is 1. The molecule has 0 saturated heterocycles. The number of nitrogens with zero attached hydrogens (tertiary/aromatic N) is 1. The standard InChI is InChI=1S/C19H24N2O3S/c1-11(2)9-21-25(23,24)18-7-13-5-6-17(22)19(13)15-10-20-16(8-14(15)18)12-3-4-12/h7-8,10-12,17,21-22H,3-6,9H2,1-2H3. The van der Waals surface area contributed by atoms with E-state index in [0.717, 1.165) is 35.0 Å². The molecular weight excluding hydrogens is 336 g/mol. The monoisotopic (exact) mass is 360 g/mol. The maximum Gasteiger partial charge on any atom is 0.241 e. The smallest absolute Gasteiger partial charge is 0.241 e. The van der Waals surface area contributed by atoms with Gasteiger partial charge in [0.25, 0.3) is 0 Å². The zero-order valence-corrected chi connectivity index (χ0v) is 15.4. The number of hydrogen-bond acceptors (Lipinski definition) is 4. The zero-order chi connectivity index (χ0) is 17.8. The average Bonchev–Trinajstić information content (AvgIpc) is 3.35. The number of pyridine rings is 1. The first kappa shape index (κ1) is 16.9. The van der Waals surface area contributed by atoms with Gasteiger partial charge in [-0.2, -0.15) is 0 Å². The van der Waals surface area contributed by atoms with Crippen molar-refractivity contribution in [3.05, 3.63) is 35.2 Å². The Morgan fingerprint density at radius 2 is 2.00 bits per heavy atom. The van der Waals surface area contributed by atoms with Gasteiger partial charge in [-0.1, -0.05) is 13.8 Å². The minimum Gasteiger partial charge on any atom is -0.388 e. The molecule has 1 fully saturated rings. The van der Waals surface area contributed by atoms with Gasteiger partial charge in [0.05, 0.1) is 11.0 Å². The van der Waals surface area contributed by atoms with Crippen molar-refractivity contribution in [2.75, 3.05) is 6.54 Å². The van der Waals surface area contributed by atoms with Crippen LogP contribution < -0.4 is 4.72 Å². The van der Waals surface area contributed by atoms with Crippen LogP contribution in [-0.2, 0) is 16.4 Å². The molecule has 1 aromatic carbocycles.